The molecule has 2 heteroatoms. The average molecular weight is 210 g/mol. The molecule has 1 aliphatic heterocycles. The van der Waals surface area contributed by atoms with Gasteiger partial charge in [-0.25, -0.2) is 0 Å². The molecule has 2 fully saturated rings. The number of hydrogen-bond donors (Lipinski definition) is 2. The van der Waals surface area contributed by atoms with Crippen molar-refractivity contribution in [2.75, 3.05) is 19.6 Å². The highest BCUT2D eigenvalue weighted by Gasteiger charge is 2.19. The molecule has 0 aromatic heterocycles. The van der Waals surface area contributed by atoms with Crippen LogP contribution in [0.2, 0.25) is 0 Å². The van der Waals surface area contributed by atoms with Crippen molar-refractivity contribution < 1.29 is 0 Å². The van der Waals surface area contributed by atoms with Crippen molar-refractivity contribution >= 4 is 0 Å². The minimum atomic E-state index is 0.748. The lowest BCUT2D eigenvalue weighted by molar-refractivity contribution is 0.265. The Balaban J connectivity index is 1.60. The van der Waals surface area contributed by atoms with E-state index in [4.69, 9.17) is 0 Å². The van der Waals surface area contributed by atoms with Crippen LogP contribution in [0, 0.1) is 11.8 Å². The van der Waals surface area contributed by atoms with Crippen LogP contribution in [0.5, 0.6) is 0 Å². The summed E-state index contributed by atoms with van der Waals surface area (Å²) in [6.07, 6.45) is 8.53. The summed E-state index contributed by atoms with van der Waals surface area (Å²) < 4.78 is 0. The van der Waals surface area contributed by atoms with Crippen molar-refractivity contribution in [3.8, 4) is 0 Å². The van der Waals surface area contributed by atoms with Gasteiger partial charge in [-0.2, -0.15) is 0 Å². The van der Waals surface area contributed by atoms with E-state index in [2.05, 4.69) is 17.6 Å². The average Bonchev–Trinajstić information content (AvgIpc) is 2.30. The quantitative estimate of drug-likeness (QED) is 0.746. The highest BCUT2D eigenvalue weighted by Crippen LogP contribution is 2.27. The largest absolute Gasteiger partial charge is 0.315 e. The van der Waals surface area contributed by atoms with Crippen molar-refractivity contribution in [2.24, 2.45) is 11.8 Å². The smallest absolute Gasteiger partial charge is 0.0193 e. The van der Waals surface area contributed by atoms with Gasteiger partial charge < -0.3 is 10.6 Å². The van der Waals surface area contributed by atoms with Crippen LogP contribution in [0.4, 0.5) is 0 Å². The third-order valence-corrected chi connectivity index (χ3v) is 4.13. The standard InChI is InChI=1S/C13H26N2/c1-11-4-6-12(7-5-11)9-15-13-3-2-8-14-10-13/h11-15H,2-10H2,1H3. The first-order valence-corrected chi connectivity index (χ1v) is 6.78. The second-order valence-corrected chi connectivity index (χ2v) is 5.58. The molecule has 0 spiro atoms. The van der Waals surface area contributed by atoms with E-state index in [-0.39, 0.29) is 0 Å². The lowest BCUT2D eigenvalue weighted by atomic mass is 9.83. The van der Waals surface area contributed by atoms with Crippen LogP contribution in [0.1, 0.15) is 45.4 Å². The molecule has 1 heterocycles. The molecule has 2 rings (SSSR count). The van der Waals surface area contributed by atoms with E-state index >= 15 is 0 Å². The van der Waals surface area contributed by atoms with Gasteiger partial charge in [0.25, 0.3) is 0 Å². The second-order valence-electron chi connectivity index (χ2n) is 5.58. The van der Waals surface area contributed by atoms with E-state index < -0.39 is 0 Å². The van der Waals surface area contributed by atoms with Crippen LogP contribution in [-0.4, -0.2) is 25.7 Å². The normalized spacial score (nSPS) is 37.8. The van der Waals surface area contributed by atoms with Crippen LogP contribution in [0.3, 0.4) is 0 Å². The SMILES string of the molecule is CC1CCC(CNC2CCCNC2)CC1. The predicted molar refractivity (Wildman–Crippen MR) is 65.0 cm³/mol. The maximum absolute atomic E-state index is 3.74. The van der Waals surface area contributed by atoms with Crippen molar-refractivity contribution in [3.05, 3.63) is 0 Å². The maximum Gasteiger partial charge on any atom is 0.0193 e. The van der Waals surface area contributed by atoms with E-state index in [0.717, 1.165) is 17.9 Å². The lowest BCUT2D eigenvalue weighted by Gasteiger charge is -2.30. The van der Waals surface area contributed by atoms with E-state index in [0.29, 0.717) is 0 Å². The second kappa shape index (κ2) is 5.86. The van der Waals surface area contributed by atoms with Gasteiger partial charge in [0.1, 0.15) is 0 Å². The summed E-state index contributed by atoms with van der Waals surface area (Å²) in [5.74, 6) is 1.95. The zero-order chi connectivity index (χ0) is 10.5. The summed E-state index contributed by atoms with van der Waals surface area (Å²) in [5, 5.41) is 7.21. The van der Waals surface area contributed by atoms with E-state index in [1.807, 2.05) is 0 Å². The van der Waals surface area contributed by atoms with Crippen LogP contribution in [0.25, 0.3) is 0 Å². The fourth-order valence-corrected chi connectivity index (χ4v) is 2.89. The topological polar surface area (TPSA) is 24.1 Å². The molecule has 0 aromatic carbocycles. The summed E-state index contributed by atoms with van der Waals surface area (Å²) in [5.41, 5.74) is 0. The Bertz CT molecular complexity index is 167. The Kier molecular flexibility index (Phi) is 4.45. The third kappa shape index (κ3) is 3.76. The summed E-state index contributed by atoms with van der Waals surface area (Å²) >= 11 is 0. The van der Waals surface area contributed by atoms with Gasteiger partial charge in [-0.3, -0.25) is 0 Å². The minimum absolute atomic E-state index is 0.748. The van der Waals surface area contributed by atoms with Crippen molar-refractivity contribution in [2.45, 2.75) is 51.5 Å². The third-order valence-electron chi connectivity index (χ3n) is 4.13. The Morgan fingerprint density at radius 2 is 1.93 bits per heavy atom. The fourth-order valence-electron chi connectivity index (χ4n) is 2.89. The first-order chi connectivity index (χ1) is 7.34. The lowest BCUT2D eigenvalue weighted by Crippen LogP contribution is -2.44. The molecule has 1 saturated heterocycles. The van der Waals surface area contributed by atoms with E-state index in [9.17, 15) is 0 Å². The van der Waals surface area contributed by atoms with Crippen LogP contribution in [-0.2, 0) is 0 Å². The Morgan fingerprint density at radius 3 is 2.60 bits per heavy atom. The fraction of sp³-hybridized carbons (Fsp3) is 1.00. The molecule has 2 nitrogen and oxygen atoms in total. The van der Waals surface area contributed by atoms with Gasteiger partial charge in [0.2, 0.25) is 0 Å². The highest BCUT2D eigenvalue weighted by atomic mass is 15.0. The monoisotopic (exact) mass is 210 g/mol. The number of nitrogens with one attached hydrogen (secondary N) is 2. The van der Waals surface area contributed by atoms with Gasteiger partial charge in [0, 0.05) is 12.6 Å². The first kappa shape index (κ1) is 11.4. The first-order valence-electron chi connectivity index (χ1n) is 6.78. The summed E-state index contributed by atoms with van der Waals surface area (Å²) in [4.78, 5) is 0. The number of piperidine rings is 1. The van der Waals surface area contributed by atoms with Gasteiger partial charge in [0.15, 0.2) is 0 Å². The van der Waals surface area contributed by atoms with Gasteiger partial charge in [-0.1, -0.05) is 19.8 Å². The minimum Gasteiger partial charge on any atom is -0.315 e. The molecule has 88 valence electrons. The Labute approximate surface area is 94.2 Å². The molecule has 1 saturated carbocycles. The van der Waals surface area contributed by atoms with Crippen LogP contribution < -0.4 is 10.6 Å². The van der Waals surface area contributed by atoms with Crippen molar-refractivity contribution in [3.63, 3.8) is 0 Å². The molecule has 15 heavy (non-hydrogen) atoms. The van der Waals surface area contributed by atoms with Gasteiger partial charge in [-0.05, 0) is 50.6 Å². The van der Waals surface area contributed by atoms with E-state index in [1.54, 1.807) is 0 Å². The number of rotatable bonds is 3. The molecule has 1 atom stereocenters. The van der Waals surface area contributed by atoms with Gasteiger partial charge in [-0.15, -0.1) is 0 Å². The van der Waals surface area contributed by atoms with Crippen molar-refractivity contribution in [1.82, 2.24) is 10.6 Å². The molecule has 1 aliphatic carbocycles. The molecule has 2 aliphatic rings. The van der Waals surface area contributed by atoms with Crippen LogP contribution in [0.15, 0.2) is 0 Å². The maximum atomic E-state index is 3.74. The summed E-state index contributed by atoms with van der Waals surface area (Å²) in [6.45, 7) is 6.07. The molecular formula is C13H26N2. The summed E-state index contributed by atoms with van der Waals surface area (Å²) in [6, 6.07) is 0.748. The van der Waals surface area contributed by atoms with Crippen LogP contribution >= 0.6 is 0 Å². The molecule has 0 bridgehead atoms. The molecule has 1 unspecified atom stereocenters. The Hall–Kier alpha value is -0.0800. The highest BCUT2D eigenvalue weighted by molar-refractivity contribution is 4.78. The molecule has 0 radical (unpaired) electrons. The zero-order valence-corrected chi connectivity index (χ0v) is 10.1. The number of hydrogen-bond acceptors (Lipinski definition) is 2. The molecule has 2 N–H and O–H groups in total. The molecule has 0 amide bonds. The zero-order valence-electron chi connectivity index (χ0n) is 10.1. The van der Waals surface area contributed by atoms with Gasteiger partial charge in [0.05, 0.1) is 0 Å². The van der Waals surface area contributed by atoms with Crippen molar-refractivity contribution in [1.29, 1.82) is 0 Å². The molecule has 0 aromatic rings. The molecular weight excluding hydrogens is 184 g/mol. The predicted octanol–water partition coefficient (Wildman–Crippen LogP) is 2.15. The summed E-state index contributed by atoms with van der Waals surface area (Å²) in [7, 11) is 0. The Morgan fingerprint density at radius 1 is 1.13 bits per heavy atom. The van der Waals surface area contributed by atoms with Gasteiger partial charge >= 0.3 is 0 Å². The van der Waals surface area contributed by atoms with E-state index in [1.165, 1.54) is 58.2 Å².